The molecule has 2 aromatic carbocycles. The predicted octanol–water partition coefficient (Wildman–Crippen LogP) is 5.61. The number of hydrogen-bond donors (Lipinski definition) is 1. The van der Waals surface area contributed by atoms with E-state index in [1.54, 1.807) is 0 Å². The van der Waals surface area contributed by atoms with Crippen molar-refractivity contribution < 1.29 is 0 Å². The summed E-state index contributed by atoms with van der Waals surface area (Å²) in [5.41, 5.74) is 5.19. The van der Waals surface area contributed by atoms with Crippen LogP contribution >= 0.6 is 27.5 Å². The molecule has 0 aromatic heterocycles. The first-order valence-electron chi connectivity index (χ1n) is 7.25. The fraction of sp³-hybridized carbons (Fsp3) is 0.333. The number of hydrogen-bond acceptors (Lipinski definition) is 1. The van der Waals surface area contributed by atoms with Gasteiger partial charge in [-0.2, -0.15) is 0 Å². The number of benzene rings is 2. The highest BCUT2D eigenvalue weighted by atomic mass is 79.9. The SMILES string of the molecule is CCNC(Cc1cccc(Cl)c1)c1cc(C)c(Br)cc1C. The molecule has 0 bridgehead atoms. The minimum atomic E-state index is 0.306. The van der Waals surface area contributed by atoms with Gasteiger partial charge in [0.25, 0.3) is 0 Å². The first-order valence-corrected chi connectivity index (χ1v) is 8.42. The van der Waals surface area contributed by atoms with Crippen molar-refractivity contribution in [3.63, 3.8) is 0 Å². The van der Waals surface area contributed by atoms with E-state index in [2.05, 4.69) is 60.2 Å². The smallest absolute Gasteiger partial charge is 0.0408 e. The average Bonchev–Trinajstić information content (AvgIpc) is 2.42. The van der Waals surface area contributed by atoms with Crippen LogP contribution in [0.25, 0.3) is 0 Å². The first-order chi connectivity index (χ1) is 10.0. The topological polar surface area (TPSA) is 12.0 Å². The maximum Gasteiger partial charge on any atom is 0.0408 e. The molecule has 0 saturated carbocycles. The van der Waals surface area contributed by atoms with Gasteiger partial charge in [0.05, 0.1) is 0 Å². The van der Waals surface area contributed by atoms with Crippen LogP contribution in [0.15, 0.2) is 40.9 Å². The first kappa shape index (κ1) is 16.5. The third-order valence-corrected chi connectivity index (χ3v) is 4.79. The second-order valence-electron chi connectivity index (χ2n) is 5.40. The third-order valence-electron chi connectivity index (χ3n) is 3.70. The summed E-state index contributed by atoms with van der Waals surface area (Å²) in [6.07, 6.45) is 0.941. The van der Waals surface area contributed by atoms with Crippen LogP contribution in [-0.4, -0.2) is 6.54 Å². The number of halogens is 2. The number of likely N-dealkylation sites (N-methyl/N-ethyl adjacent to an activating group) is 1. The molecule has 2 rings (SSSR count). The molecule has 0 heterocycles. The summed E-state index contributed by atoms with van der Waals surface area (Å²) in [6.45, 7) is 7.39. The van der Waals surface area contributed by atoms with Crippen LogP contribution in [0.1, 0.15) is 35.2 Å². The Labute approximate surface area is 140 Å². The maximum absolute atomic E-state index is 6.10. The van der Waals surface area contributed by atoms with Gasteiger partial charge >= 0.3 is 0 Å². The monoisotopic (exact) mass is 365 g/mol. The predicted molar refractivity (Wildman–Crippen MR) is 95.2 cm³/mol. The molecule has 0 spiro atoms. The van der Waals surface area contributed by atoms with E-state index in [9.17, 15) is 0 Å². The average molecular weight is 367 g/mol. The van der Waals surface area contributed by atoms with Gasteiger partial charge in [-0.25, -0.2) is 0 Å². The van der Waals surface area contributed by atoms with E-state index in [1.165, 1.54) is 26.7 Å². The molecule has 0 fully saturated rings. The molecule has 1 N–H and O–H groups in total. The molecule has 0 aliphatic carbocycles. The maximum atomic E-state index is 6.10. The van der Waals surface area contributed by atoms with Crippen molar-refractivity contribution in [3.05, 3.63) is 68.1 Å². The van der Waals surface area contributed by atoms with Gasteiger partial charge in [-0.15, -0.1) is 0 Å². The van der Waals surface area contributed by atoms with Gasteiger partial charge in [0.15, 0.2) is 0 Å². The Morgan fingerprint density at radius 2 is 1.90 bits per heavy atom. The fourth-order valence-electron chi connectivity index (χ4n) is 2.62. The van der Waals surface area contributed by atoms with Crippen molar-refractivity contribution in [3.8, 4) is 0 Å². The molecular formula is C18H21BrClN. The van der Waals surface area contributed by atoms with E-state index in [-0.39, 0.29) is 0 Å². The van der Waals surface area contributed by atoms with Crippen LogP contribution in [0.4, 0.5) is 0 Å². The van der Waals surface area contributed by atoms with Gasteiger partial charge in [-0.1, -0.05) is 52.7 Å². The Morgan fingerprint density at radius 1 is 1.14 bits per heavy atom. The Morgan fingerprint density at radius 3 is 2.57 bits per heavy atom. The molecule has 0 aliphatic heterocycles. The van der Waals surface area contributed by atoms with Crippen molar-refractivity contribution in [2.75, 3.05) is 6.54 Å². The molecule has 2 aromatic rings. The van der Waals surface area contributed by atoms with E-state index in [1.807, 2.05) is 18.2 Å². The van der Waals surface area contributed by atoms with Crippen molar-refractivity contribution in [2.45, 2.75) is 33.2 Å². The molecule has 1 unspecified atom stereocenters. The molecule has 0 saturated heterocycles. The quantitative estimate of drug-likeness (QED) is 0.725. The van der Waals surface area contributed by atoms with Gasteiger partial charge in [-0.3, -0.25) is 0 Å². The summed E-state index contributed by atoms with van der Waals surface area (Å²) < 4.78 is 1.17. The molecule has 0 amide bonds. The summed E-state index contributed by atoms with van der Waals surface area (Å²) >= 11 is 9.71. The summed E-state index contributed by atoms with van der Waals surface area (Å²) in [6, 6.07) is 12.9. The van der Waals surface area contributed by atoms with Gasteiger partial charge < -0.3 is 5.32 Å². The lowest BCUT2D eigenvalue weighted by molar-refractivity contribution is 0.547. The van der Waals surface area contributed by atoms with Crippen LogP contribution in [-0.2, 0) is 6.42 Å². The Balaban J connectivity index is 2.33. The lowest BCUT2D eigenvalue weighted by atomic mass is 9.94. The second kappa shape index (κ2) is 7.44. The van der Waals surface area contributed by atoms with Crippen LogP contribution in [0.5, 0.6) is 0 Å². The molecule has 112 valence electrons. The van der Waals surface area contributed by atoms with Gasteiger partial charge in [0.1, 0.15) is 0 Å². The summed E-state index contributed by atoms with van der Waals surface area (Å²) in [5.74, 6) is 0. The molecule has 1 atom stereocenters. The molecule has 1 nitrogen and oxygen atoms in total. The minimum Gasteiger partial charge on any atom is -0.310 e. The molecule has 0 radical (unpaired) electrons. The highest BCUT2D eigenvalue weighted by molar-refractivity contribution is 9.10. The zero-order chi connectivity index (χ0) is 15.4. The van der Waals surface area contributed by atoms with E-state index in [0.29, 0.717) is 6.04 Å². The van der Waals surface area contributed by atoms with Crippen molar-refractivity contribution in [1.29, 1.82) is 0 Å². The molecule has 0 aliphatic rings. The van der Waals surface area contributed by atoms with Gasteiger partial charge in [0, 0.05) is 15.5 Å². The van der Waals surface area contributed by atoms with Crippen molar-refractivity contribution in [2.24, 2.45) is 0 Å². The normalized spacial score (nSPS) is 12.4. The van der Waals surface area contributed by atoms with Crippen LogP contribution < -0.4 is 5.32 Å². The Bertz CT molecular complexity index is 625. The standard InChI is InChI=1S/C18H21BrClN/c1-4-21-18(11-14-6-5-7-15(20)10-14)16-8-13(3)17(19)9-12(16)2/h5-10,18,21H,4,11H2,1-3H3. The van der Waals surface area contributed by atoms with Crippen LogP contribution in [0.2, 0.25) is 5.02 Å². The lowest BCUT2D eigenvalue weighted by Crippen LogP contribution is -2.24. The molecule has 21 heavy (non-hydrogen) atoms. The Kier molecular flexibility index (Phi) is 5.86. The zero-order valence-corrected chi connectivity index (χ0v) is 15.1. The third kappa shape index (κ3) is 4.32. The summed E-state index contributed by atoms with van der Waals surface area (Å²) in [7, 11) is 0. The van der Waals surface area contributed by atoms with Crippen molar-refractivity contribution in [1.82, 2.24) is 5.32 Å². The van der Waals surface area contributed by atoms with Crippen LogP contribution in [0, 0.1) is 13.8 Å². The number of aryl methyl sites for hydroxylation is 2. The minimum absolute atomic E-state index is 0.306. The number of nitrogens with one attached hydrogen (secondary N) is 1. The van der Waals surface area contributed by atoms with Gasteiger partial charge in [-0.05, 0) is 67.3 Å². The number of rotatable bonds is 5. The highest BCUT2D eigenvalue weighted by Gasteiger charge is 2.15. The molecular weight excluding hydrogens is 346 g/mol. The summed E-state index contributed by atoms with van der Waals surface area (Å²) in [4.78, 5) is 0. The summed E-state index contributed by atoms with van der Waals surface area (Å²) in [5, 5.41) is 4.39. The second-order valence-corrected chi connectivity index (χ2v) is 6.69. The van der Waals surface area contributed by atoms with E-state index in [4.69, 9.17) is 11.6 Å². The van der Waals surface area contributed by atoms with Gasteiger partial charge in [0.2, 0.25) is 0 Å². The van der Waals surface area contributed by atoms with E-state index >= 15 is 0 Å². The Hall–Kier alpha value is -0.830. The van der Waals surface area contributed by atoms with Crippen LogP contribution in [0.3, 0.4) is 0 Å². The largest absolute Gasteiger partial charge is 0.310 e. The highest BCUT2D eigenvalue weighted by Crippen LogP contribution is 2.28. The zero-order valence-electron chi connectivity index (χ0n) is 12.7. The van der Waals surface area contributed by atoms with E-state index < -0.39 is 0 Å². The van der Waals surface area contributed by atoms with E-state index in [0.717, 1.165) is 18.0 Å². The van der Waals surface area contributed by atoms with Crippen molar-refractivity contribution >= 4 is 27.5 Å². The fourth-order valence-corrected chi connectivity index (χ4v) is 3.29. The molecule has 3 heteroatoms. The lowest BCUT2D eigenvalue weighted by Gasteiger charge is -2.22.